The highest BCUT2D eigenvalue weighted by molar-refractivity contribution is 5.73. The summed E-state index contributed by atoms with van der Waals surface area (Å²) >= 11 is 0. The third-order valence-corrected chi connectivity index (χ3v) is 2.95. The van der Waals surface area contributed by atoms with Crippen molar-refractivity contribution in [1.82, 2.24) is 0 Å². The first-order valence-electron chi connectivity index (χ1n) is 6.94. The minimum absolute atomic E-state index is 0.239. The van der Waals surface area contributed by atoms with Crippen LogP contribution in [-0.2, 0) is 16.0 Å². The number of hydrogen-bond acceptors (Lipinski definition) is 5. The highest BCUT2D eigenvalue weighted by Gasteiger charge is 2.24. The van der Waals surface area contributed by atoms with Crippen LogP contribution in [0.15, 0.2) is 18.2 Å². The first kappa shape index (κ1) is 17.3. The summed E-state index contributed by atoms with van der Waals surface area (Å²) < 4.78 is 15.8. The molecule has 1 rings (SSSR count). The smallest absolute Gasteiger partial charge is 0.311 e. The number of esters is 1. The Bertz CT molecular complexity index is 480. The number of carbonyl (C=O) groups is 1. The van der Waals surface area contributed by atoms with E-state index >= 15 is 0 Å². The fourth-order valence-electron chi connectivity index (χ4n) is 1.94. The van der Waals surface area contributed by atoms with Crippen LogP contribution in [0.25, 0.3) is 0 Å². The summed E-state index contributed by atoms with van der Waals surface area (Å²) in [5, 5.41) is 0. The van der Waals surface area contributed by atoms with E-state index in [1.165, 1.54) is 0 Å². The van der Waals surface area contributed by atoms with E-state index in [1.54, 1.807) is 14.2 Å². The van der Waals surface area contributed by atoms with E-state index in [9.17, 15) is 4.79 Å². The lowest BCUT2D eigenvalue weighted by molar-refractivity contribution is -0.159. The predicted molar refractivity (Wildman–Crippen MR) is 81.6 cm³/mol. The van der Waals surface area contributed by atoms with Crippen molar-refractivity contribution in [3.8, 4) is 11.5 Å². The Morgan fingerprint density at radius 2 is 1.81 bits per heavy atom. The van der Waals surface area contributed by atoms with Gasteiger partial charge in [0.05, 0.1) is 20.1 Å². The topological polar surface area (TPSA) is 70.8 Å². The van der Waals surface area contributed by atoms with Gasteiger partial charge in [0.2, 0.25) is 0 Å². The highest BCUT2D eigenvalue weighted by atomic mass is 16.6. The molecule has 0 saturated carbocycles. The Hall–Kier alpha value is -1.75. The van der Waals surface area contributed by atoms with E-state index in [1.807, 2.05) is 39.0 Å². The van der Waals surface area contributed by atoms with Crippen molar-refractivity contribution < 1.29 is 19.0 Å². The Kier molecular flexibility index (Phi) is 6.03. The summed E-state index contributed by atoms with van der Waals surface area (Å²) in [5.74, 6) is 0.639. The highest BCUT2D eigenvalue weighted by Crippen LogP contribution is 2.28. The van der Waals surface area contributed by atoms with Crippen LogP contribution in [-0.4, -0.2) is 32.3 Å². The lowest BCUT2D eigenvalue weighted by Gasteiger charge is -2.23. The lowest BCUT2D eigenvalue weighted by atomic mass is 9.98. The summed E-state index contributed by atoms with van der Waals surface area (Å²) in [6, 6.07) is 5.57. The number of hydrogen-bond donors (Lipinski definition) is 1. The van der Waals surface area contributed by atoms with Gasteiger partial charge < -0.3 is 19.9 Å². The maximum absolute atomic E-state index is 12.1. The molecule has 1 unspecified atom stereocenters. The lowest BCUT2D eigenvalue weighted by Crippen LogP contribution is -2.33. The van der Waals surface area contributed by atoms with Gasteiger partial charge in [-0.25, -0.2) is 0 Å². The van der Waals surface area contributed by atoms with Crippen molar-refractivity contribution in [3.05, 3.63) is 23.8 Å². The SMILES string of the molecule is COc1ccc(CC(CN)C(=O)OC(C)(C)C)cc1OC. The van der Waals surface area contributed by atoms with Crippen molar-refractivity contribution in [2.45, 2.75) is 32.8 Å². The maximum Gasteiger partial charge on any atom is 0.311 e. The van der Waals surface area contributed by atoms with Gasteiger partial charge in [-0.2, -0.15) is 0 Å². The standard InChI is InChI=1S/C16H25NO4/c1-16(2,3)21-15(18)12(10-17)8-11-6-7-13(19-4)14(9-11)20-5/h6-7,9,12H,8,10,17H2,1-5H3. The van der Waals surface area contributed by atoms with Gasteiger partial charge in [0, 0.05) is 6.54 Å². The summed E-state index contributed by atoms with van der Waals surface area (Å²) in [5.41, 5.74) is 6.15. The first-order valence-corrected chi connectivity index (χ1v) is 6.94. The zero-order valence-electron chi connectivity index (χ0n) is 13.4. The van der Waals surface area contributed by atoms with Gasteiger partial charge in [0.25, 0.3) is 0 Å². The first-order chi connectivity index (χ1) is 9.80. The van der Waals surface area contributed by atoms with Crippen LogP contribution >= 0.6 is 0 Å². The van der Waals surface area contributed by atoms with Crippen LogP contribution in [0.4, 0.5) is 0 Å². The van der Waals surface area contributed by atoms with Crippen molar-refractivity contribution in [3.63, 3.8) is 0 Å². The van der Waals surface area contributed by atoms with E-state index in [0.717, 1.165) is 5.56 Å². The molecule has 5 heteroatoms. The van der Waals surface area contributed by atoms with E-state index in [-0.39, 0.29) is 18.4 Å². The Balaban J connectivity index is 2.84. The molecule has 1 atom stereocenters. The molecule has 0 fully saturated rings. The third-order valence-electron chi connectivity index (χ3n) is 2.95. The van der Waals surface area contributed by atoms with Gasteiger partial charge in [0.1, 0.15) is 5.60 Å². The van der Waals surface area contributed by atoms with E-state index in [0.29, 0.717) is 17.9 Å². The largest absolute Gasteiger partial charge is 0.493 e. The summed E-state index contributed by atoms with van der Waals surface area (Å²) in [6.07, 6.45) is 0.506. The van der Waals surface area contributed by atoms with Crippen LogP contribution in [0, 0.1) is 5.92 Å². The number of methoxy groups -OCH3 is 2. The van der Waals surface area contributed by atoms with E-state index < -0.39 is 5.60 Å². The number of ether oxygens (including phenoxy) is 3. The number of nitrogens with two attached hydrogens (primary N) is 1. The van der Waals surface area contributed by atoms with E-state index in [2.05, 4.69) is 0 Å². The van der Waals surface area contributed by atoms with Crippen molar-refractivity contribution >= 4 is 5.97 Å². The molecule has 1 aromatic rings. The molecule has 0 radical (unpaired) electrons. The number of benzene rings is 1. The predicted octanol–water partition coefficient (Wildman–Crippen LogP) is 2.16. The molecule has 1 aromatic carbocycles. The van der Waals surface area contributed by atoms with Crippen molar-refractivity contribution in [2.24, 2.45) is 11.7 Å². The molecule has 0 saturated heterocycles. The molecule has 21 heavy (non-hydrogen) atoms. The van der Waals surface area contributed by atoms with Gasteiger partial charge in [-0.05, 0) is 44.9 Å². The molecule has 0 amide bonds. The van der Waals surface area contributed by atoms with Crippen LogP contribution < -0.4 is 15.2 Å². The van der Waals surface area contributed by atoms with Gasteiger partial charge in [0.15, 0.2) is 11.5 Å². The minimum Gasteiger partial charge on any atom is -0.493 e. The van der Waals surface area contributed by atoms with Gasteiger partial charge in [-0.15, -0.1) is 0 Å². The fraction of sp³-hybridized carbons (Fsp3) is 0.562. The zero-order chi connectivity index (χ0) is 16.0. The van der Waals surface area contributed by atoms with Crippen LogP contribution in [0.1, 0.15) is 26.3 Å². The summed E-state index contributed by atoms with van der Waals surface area (Å²) in [4.78, 5) is 12.1. The molecule has 0 heterocycles. The second kappa shape index (κ2) is 7.31. The number of rotatable bonds is 6. The quantitative estimate of drug-likeness (QED) is 0.814. The average molecular weight is 295 g/mol. The molecule has 0 spiro atoms. The molecule has 0 bridgehead atoms. The molecular weight excluding hydrogens is 270 g/mol. The Labute approximate surface area is 126 Å². The zero-order valence-corrected chi connectivity index (χ0v) is 13.4. The molecule has 0 aliphatic carbocycles. The molecule has 5 nitrogen and oxygen atoms in total. The summed E-state index contributed by atoms with van der Waals surface area (Å²) in [7, 11) is 3.16. The van der Waals surface area contributed by atoms with Crippen LogP contribution in [0.5, 0.6) is 11.5 Å². The fourth-order valence-corrected chi connectivity index (χ4v) is 1.94. The maximum atomic E-state index is 12.1. The van der Waals surface area contributed by atoms with Crippen molar-refractivity contribution in [1.29, 1.82) is 0 Å². The molecule has 0 aliphatic heterocycles. The normalized spacial score (nSPS) is 12.7. The van der Waals surface area contributed by atoms with Gasteiger partial charge in [-0.1, -0.05) is 6.07 Å². The molecule has 0 aliphatic rings. The van der Waals surface area contributed by atoms with E-state index in [4.69, 9.17) is 19.9 Å². The average Bonchev–Trinajstić information content (AvgIpc) is 2.42. The molecular formula is C16H25NO4. The Morgan fingerprint density at radius 3 is 2.29 bits per heavy atom. The monoisotopic (exact) mass is 295 g/mol. The van der Waals surface area contributed by atoms with Gasteiger partial charge >= 0.3 is 5.97 Å². The van der Waals surface area contributed by atoms with Crippen LogP contribution in [0.3, 0.4) is 0 Å². The Morgan fingerprint density at radius 1 is 1.19 bits per heavy atom. The van der Waals surface area contributed by atoms with Crippen molar-refractivity contribution in [2.75, 3.05) is 20.8 Å². The molecule has 0 aromatic heterocycles. The van der Waals surface area contributed by atoms with Crippen LogP contribution in [0.2, 0.25) is 0 Å². The van der Waals surface area contributed by atoms with Gasteiger partial charge in [-0.3, -0.25) is 4.79 Å². The molecule has 2 N–H and O–H groups in total. The second-order valence-electron chi connectivity index (χ2n) is 5.86. The number of carbonyl (C=O) groups excluding carboxylic acids is 1. The second-order valence-corrected chi connectivity index (χ2v) is 5.86. The summed E-state index contributed by atoms with van der Waals surface area (Å²) in [6.45, 7) is 5.77. The minimum atomic E-state index is -0.512. The third kappa shape index (κ3) is 5.27. The molecule has 118 valence electrons.